The molecular weight excluding hydrogens is 411 g/mol. The molecule has 0 amide bonds. The molecule has 5 rings (SSSR count). The van der Waals surface area contributed by atoms with Crippen LogP contribution < -0.4 is 0 Å². The molecule has 1 aliphatic carbocycles. The van der Waals surface area contributed by atoms with Crippen molar-refractivity contribution in [1.82, 2.24) is 19.9 Å². The van der Waals surface area contributed by atoms with Crippen molar-refractivity contribution in [2.24, 2.45) is 5.92 Å². The maximum Gasteiger partial charge on any atom is 0.129 e. The minimum Gasteiger partial charge on any atom is -0.340 e. The van der Waals surface area contributed by atoms with Crippen molar-refractivity contribution in [1.29, 1.82) is 0 Å². The molecule has 0 unspecified atom stereocenters. The Labute approximate surface area is 194 Å². The lowest BCUT2D eigenvalue weighted by atomic mass is 9.83. The van der Waals surface area contributed by atoms with Crippen LogP contribution >= 0.6 is 0 Å². The third-order valence-corrected chi connectivity index (χ3v) is 6.68. The number of hydrogen-bond acceptors (Lipinski definition) is 3. The number of hydrogen-bond donors (Lipinski definition) is 1. The molecule has 1 fully saturated rings. The molecule has 4 aromatic rings. The number of nitrogens with one attached hydrogen (secondary N) is 1. The zero-order chi connectivity index (χ0) is 22.6. The van der Waals surface area contributed by atoms with Crippen LogP contribution in [0.15, 0.2) is 66.9 Å². The van der Waals surface area contributed by atoms with Gasteiger partial charge in [0.05, 0.1) is 17.1 Å². The zero-order valence-corrected chi connectivity index (χ0v) is 19.0. The first-order valence-corrected chi connectivity index (χ1v) is 11.9. The highest BCUT2D eigenvalue weighted by Crippen LogP contribution is 2.37. The molecular formula is C28H29FN4. The molecule has 4 nitrogen and oxygen atoms in total. The van der Waals surface area contributed by atoms with Crippen molar-refractivity contribution < 1.29 is 4.39 Å². The molecule has 0 radical (unpaired) electrons. The second-order valence-electron chi connectivity index (χ2n) is 9.15. The molecule has 168 valence electrons. The molecule has 0 bridgehead atoms. The Hall–Kier alpha value is -3.34. The van der Waals surface area contributed by atoms with E-state index in [-0.39, 0.29) is 5.82 Å². The number of rotatable bonds is 6. The average Bonchev–Trinajstić information content (AvgIpc) is 3.30. The van der Waals surface area contributed by atoms with E-state index in [4.69, 9.17) is 9.97 Å². The van der Waals surface area contributed by atoms with Gasteiger partial charge >= 0.3 is 0 Å². The smallest absolute Gasteiger partial charge is 0.129 e. The summed E-state index contributed by atoms with van der Waals surface area (Å²) in [7, 11) is 0. The Morgan fingerprint density at radius 3 is 2.39 bits per heavy atom. The van der Waals surface area contributed by atoms with Gasteiger partial charge in [0.1, 0.15) is 17.5 Å². The number of aromatic amines is 1. The molecule has 0 atom stereocenters. The van der Waals surface area contributed by atoms with Gasteiger partial charge in [-0.05, 0) is 61.1 Å². The number of H-pyrrole nitrogens is 1. The first kappa shape index (κ1) is 21.5. The summed E-state index contributed by atoms with van der Waals surface area (Å²) >= 11 is 0. The van der Waals surface area contributed by atoms with Gasteiger partial charge in [-0.2, -0.15) is 0 Å². The monoisotopic (exact) mass is 440 g/mol. The highest BCUT2D eigenvalue weighted by molar-refractivity contribution is 5.76. The summed E-state index contributed by atoms with van der Waals surface area (Å²) in [5.41, 5.74) is 4.71. The quantitative estimate of drug-likeness (QED) is 0.361. The van der Waals surface area contributed by atoms with E-state index in [2.05, 4.69) is 41.2 Å². The van der Waals surface area contributed by atoms with E-state index in [0.29, 0.717) is 5.92 Å². The second-order valence-corrected chi connectivity index (χ2v) is 9.15. The van der Waals surface area contributed by atoms with Crippen molar-refractivity contribution >= 4 is 0 Å². The van der Waals surface area contributed by atoms with E-state index in [1.807, 2.05) is 18.3 Å². The van der Waals surface area contributed by atoms with Crippen molar-refractivity contribution in [2.45, 2.75) is 51.4 Å². The lowest BCUT2D eigenvalue weighted by molar-refractivity contribution is 0.341. The Morgan fingerprint density at radius 1 is 0.879 bits per heavy atom. The fourth-order valence-electron chi connectivity index (χ4n) is 4.68. The number of aryl methyl sites for hydroxylation is 2. The van der Waals surface area contributed by atoms with Gasteiger partial charge in [0.25, 0.3) is 0 Å². The molecule has 0 spiro atoms. The highest BCUT2D eigenvalue weighted by Gasteiger charge is 2.25. The fraction of sp³-hybridized carbons (Fsp3) is 0.321. The first-order chi connectivity index (χ1) is 16.2. The van der Waals surface area contributed by atoms with Crippen LogP contribution in [0.1, 0.15) is 55.7 Å². The average molecular weight is 441 g/mol. The lowest BCUT2D eigenvalue weighted by Crippen LogP contribution is -2.12. The summed E-state index contributed by atoms with van der Waals surface area (Å²) in [5.74, 6) is 2.78. The van der Waals surface area contributed by atoms with Gasteiger partial charge in [-0.15, -0.1) is 0 Å². The predicted octanol–water partition coefficient (Wildman–Crippen LogP) is 6.75. The maximum absolute atomic E-state index is 13.6. The maximum atomic E-state index is 13.6. The van der Waals surface area contributed by atoms with E-state index in [0.717, 1.165) is 65.9 Å². The summed E-state index contributed by atoms with van der Waals surface area (Å²) in [6.07, 6.45) is 8.22. The number of imidazole rings is 1. The van der Waals surface area contributed by atoms with Gasteiger partial charge in [-0.25, -0.2) is 19.3 Å². The van der Waals surface area contributed by atoms with Crippen LogP contribution in [0, 0.1) is 11.7 Å². The summed E-state index contributed by atoms with van der Waals surface area (Å²) in [6.45, 7) is 2.32. The molecule has 1 saturated carbocycles. The highest BCUT2D eigenvalue weighted by atomic mass is 19.1. The molecule has 1 N–H and O–H groups in total. The van der Waals surface area contributed by atoms with Crippen molar-refractivity contribution in [3.8, 4) is 22.6 Å². The Kier molecular flexibility index (Phi) is 6.29. The topological polar surface area (TPSA) is 54.5 Å². The first-order valence-electron chi connectivity index (χ1n) is 11.9. The van der Waals surface area contributed by atoms with Gasteiger partial charge in [0.15, 0.2) is 0 Å². The van der Waals surface area contributed by atoms with E-state index in [1.54, 1.807) is 12.1 Å². The van der Waals surface area contributed by atoms with Crippen LogP contribution in [-0.4, -0.2) is 19.9 Å². The number of nitrogens with zero attached hydrogens (tertiary/aromatic N) is 3. The zero-order valence-electron chi connectivity index (χ0n) is 19.0. The number of aromatic nitrogens is 4. The summed E-state index contributed by atoms with van der Waals surface area (Å²) < 4.78 is 13.6. The SMILES string of the molecule is CC1CCC(c2nc(-c3ccc(F)cc3)c(-c3ccnc(CCc4ccccc4)n3)[nH]2)CC1. The van der Waals surface area contributed by atoms with Gasteiger partial charge in [-0.3, -0.25) is 0 Å². The summed E-state index contributed by atoms with van der Waals surface area (Å²) in [6, 6.07) is 18.9. The van der Waals surface area contributed by atoms with Gasteiger partial charge in [-0.1, -0.05) is 50.1 Å². The van der Waals surface area contributed by atoms with Crippen LogP contribution in [0.4, 0.5) is 4.39 Å². The van der Waals surface area contributed by atoms with Crippen LogP contribution in [0.2, 0.25) is 0 Å². The van der Waals surface area contributed by atoms with Crippen molar-refractivity contribution in [3.05, 3.63) is 89.9 Å². The molecule has 2 aromatic heterocycles. The molecule has 33 heavy (non-hydrogen) atoms. The third kappa shape index (κ3) is 5.03. The van der Waals surface area contributed by atoms with E-state index in [9.17, 15) is 4.39 Å². The summed E-state index contributed by atoms with van der Waals surface area (Å²) in [4.78, 5) is 18.0. The minimum atomic E-state index is -0.248. The number of halogens is 1. The molecule has 0 aliphatic heterocycles. The van der Waals surface area contributed by atoms with Crippen molar-refractivity contribution in [3.63, 3.8) is 0 Å². The molecule has 2 aromatic carbocycles. The summed E-state index contributed by atoms with van der Waals surface area (Å²) in [5, 5.41) is 0. The van der Waals surface area contributed by atoms with Crippen LogP contribution in [0.5, 0.6) is 0 Å². The number of benzene rings is 2. The van der Waals surface area contributed by atoms with Gasteiger partial charge in [0, 0.05) is 24.1 Å². The van der Waals surface area contributed by atoms with Crippen LogP contribution in [0.3, 0.4) is 0 Å². The fourth-order valence-corrected chi connectivity index (χ4v) is 4.68. The largest absolute Gasteiger partial charge is 0.340 e. The van der Waals surface area contributed by atoms with Gasteiger partial charge in [0.2, 0.25) is 0 Å². The normalized spacial score (nSPS) is 18.4. The van der Waals surface area contributed by atoms with Crippen LogP contribution in [-0.2, 0) is 12.8 Å². The van der Waals surface area contributed by atoms with E-state index < -0.39 is 0 Å². The molecule has 0 saturated heterocycles. The van der Waals surface area contributed by atoms with Gasteiger partial charge < -0.3 is 4.98 Å². The van der Waals surface area contributed by atoms with E-state index in [1.165, 1.54) is 30.5 Å². The van der Waals surface area contributed by atoms with Crippen molar-refractivity contribution in [2.75, 3.05) is 0 Å². The Morgan fingerprint density at radius 2 is 1.64 bits per heavy atom. The second kappa shape index (κ2) is 9.65. The van der Waals surface area contributed by atoms with Crippen LogP contribution in [0.25, 0.3) is 22.6 Å². The predicted molar refractivity (Wildman–Crippen MR) is 129 cm³/mol. The van der Waals surface area contributed by atoms with E-state index >= 15 is 0 Å². The molecule has 5 heteroatoms. The lowest BCUT2D eigenvalue weighted by Gasteiger charge is -2.24. The molecule has 1 aliphatic rings. The molecule has 2 heterocycles. The standard InChI is InChI=1S/C28H29FN4/c1-19-7-10-22(11-8-19)28-32-26(21-12-14-23(29)15-13-21)27(33-28)24-17-18-30-25(31-24)16-9-20-5-3-2-4-6-20/h2-6,12-15,17-19,22H,7-11,16H2,1H3,(H,32,33). The third-order valence-electron chi connectivity index (χ3n) is 6.68. The Balaban J connectivity index is 1.47. The Bertz CT molecular complexity index is 1190. The minimum absolute atomic E-state index is 0.248.